The highest BCUT2D eigenvalue weighted by Crippen LogP contribution is 2.09. The number of carbonyl (C=O) groups excluding carboxylic acids is 1. The first-order chi connectivity index (χ1) is 7.52. The third-order valence-corrected chi connectivity index (χ3v) is 2.45. The molecule has 1 amide bonds. The average molecular weight is 224 g/mol. The largest absolute Gasteiger partial charge is 0.481 e. The van der Waals surface area contributed by atoms with Crippen LogP contribution >= 0.6 is 0 Å². The monoisotopic (exact) mass is 224 g/mol. The maximum atomic E-state index is 11.5. The zero-order valence-electron chi connectivity index (χ0n) is 9.36. The van der Waals surface area contributed by atoms with Gasteiger partial charge in [0, 0.05) is 12.7 Å². The normalized spacial score (nSPS) is 12.4. The summed E-state index contributed by atoms with van der Waals surface area (Å²) in [6, 6.07) is 3.35. The molecule has 0 bridgehead atoms. The molecule has 0 fully saturated rings. The topological polar surface area (TPSA) is 82.2 Å². The highest BCUT2D eigenvalue weighted by atomic mass is 16.4. The van der Waals surface area contributed by atoms with Crippen molar-refractivity contribution >= 4 is 11.9 Å². The Hall–Kier alpha value is -1.78. The second-order valence-corrected chi connectivity index (χ2v) is 3.98. The molecular weight excluding hydrogens is 208 g/mol. The summed E-state index contributed by atoms with van der Waals surface area (Å²) in [4.78, 5) is 25.2. The van der Waals surface area contributed by atoms with Gasteiger partial charge in [0.2, 0.25) is 0 Å². The summed E-state index contributed by atoms with van der Waals surface area (Å²) < 4.78 is 0. The first-order valence-corrected chi connectivity index (χ1v) is 5.16. The molecule has 1 rings (SSSR count). The van der Waals surface area contributed by atoms with E-state index in [-0.39, 0.29) is 18.4 Å². The van der Waals surface area contributed by atoms with E-state index in [1.165, 1.54) is 0 Å². The number of aromatic amines is 1. The molecule has 0 aromatic carbocycles. The van der Waals surface area contributed by atoms with Crippen LogP contribution < -0.4 is 5.32 Å². The fourth-order valence-corrected chi connectivity index (χ4v) is 1.38. The Labute approximate surface area is 93.9 Å². The molecule has 5 nitrogen and oxygen atoms in total. The van der Waals surface area contributed by atoms with E-state index in [9.17, 15) is 9.59 Å². The molecule has 1 atom stereocenters. The van der Waals surface area contributed by atoms with Gasteiger partial charge in [0.1, 0.15) is 5.69 Å². The van der Waals surface area contributed by atoms with Gasteiger partial charge >= 0.3 is 5.97 Å². The van der Waals surface area contributed by atoms with E-state index in [4.69, 9.17) is 5.11 Å². The predicted octanol–water partition coefficient (Wildman–Crippen LogP) is 1.10. The molecule has 0 radical (unpaired) electrons. The molecule has 16 heavy (non-hydrogen) atoms. The van der Waals surface area contributed by atoms with Gasteiger partial charge < -0.3 is 15.4 Å². The summed E-state index contributed by atoms with van der Waals surface area (Å²) in [6.45, 7) is 3.78. The molecular formula is C11H16N2O3. The summed E-state index contributed by atoms with van der Waals surface area (Å²) in [6.07, 6.45) is 1.64. The van der Waals surface area contributed by atoms with Crippen LogP contribution in [0.1, 0.15) is 24.3 Å². The Kier molecular flexibility index (Phi) is 4.10. The van der Waals surface area contributed by atoms with Crippen LogP contribution in [0, 0.1) is 11.8 Å². The first kappa shape index (κ1) is 12.3. The molecule has 1 unspecified atom stereocenters. The molecule has 0 saturated carbocycles. The number of hydrogen-bond donors (Lipinski definition) is 3. The third kappa shape index (κ3) is 3.12. The molecule has 1 heterocycles. The molecule has 1 aromatic heterocycles. The van der Waals surface area contributed by atoms with Gasteiger partial charge in [-0.25, -0.2) is 0 Å². The number of aromatic nitrogens is 1. The maximum Gasteiger partial charge on any atom is 0.308 e. The number of carboxylic acid groups (broad SMARTS) is 1. The van der Waals surface area contributed by atoms with Crippen LogP contribution in [0.15, 0.2) is 18.3 Å². The minimum absolute atomic E-state index is 0.0126. The lowest BCUT2D eigenvalue weighted by Crippen LogP contribution is -2.35. The van der Waals surface area contributed by atoms with Crippen LogP contribution in [0.4, 0.5) is 0 Å². The van der Waals surface area contributed by atoms with Crippen LogP contribution in [-0.4, -0.2) is 28.5 Å². The Morgan fingerprint density at radius 2 is 2.19 bits per heavy atom. The van der Waals surface area contributed by atoms with Gasteiger partial charge in [-0.05, 0) is 18.1 Å². The SMILES string of the molecule is CC(C)C(CNC(=O)c1ccc[nH]1)C(=O)O. The lowest BCUT2D eigenvalue weighted by molar-refractivity contribution is -0.142. The zero-order valence-corrected chi connectivity index (χ0v) is 9.36. The molecule has 0 spiro atoms. The predicted molar refractivity (Wildman–Crippen MR) is 59.1 cm³/mol. The van der Waals surface area contributed by atoms with Gasteiger partial charge in [0.15, 0.2) is 0 Å². The van der Waals surface area contributed by atoms with Gasteiger partial charge in [-0.3, -0.25) is 9.59 Å². The number of carboxylic acids is 1. The van der Waals surface area contributed by atoms with Gasteiger partial charge in [-0.1, -0.05) is 13.8 Å². The Bertz CT molecular complexity index is 357. The minimum atomic E-state index is -0.887. The number of nitrogens with one attached hydrogen (secondary N) is 2. The molecule has 3 N–H and O–H groups in total. The van der Waals surface area contributed by atoms with Crippen molar-refractivity contribution in [1.29, 1.82) is 0 Å². The van der Waals surface area contributed by atoms with E-state index in [0.29, 0.717) is 5.69 Å². The van der Waals surface area contributed by atoms with Crippen molar-refractivity contribution in [2.75, 3.05) is 6.54 Å². The van der Waals surface area contributed by atoms with Crippen LogP contribution in [0.25, 0.3) is 0 Å². The second kappa shape index (κ2) is 5.34. The Morgan fingerprint density at radius 1 is 1.50 bits per heavy atom. The summed E-state index contributed by atoms with van der Waals surface area (Å²) in [7, 11) is 0. The van der Waals surface area contributed by atoms with Gasteiger partial charge in [-0.2, -0.15) is 0 Å². The highest BCUT2D eigenvalue weighted by Gasteiger charge is 2.22. The summed E-state index contributed by atoms with van der Waals surface area (Å²) >= 11 is 0. The van der Waals surface area contributed by atoms with Gasteiger partial charge in [0.05, 0.1) is 5.92 Å². The van der Waals surface area contributed by atoms with Crippen molar-refractivity contribution in [2.24, 2.45) is 11.8 Å². The number of carbonyl (C=O) groups is 2. The Balaban J connectivity index is 2.50. The van der Waals surface area contributed by atoms with Gasteiger partial charge in [-0.15, -0.1) is 0 Å². The third-order valence-electron chi connectivity index (χ3n) is 2.45. The fourth-order valence-electron chi connectivity index (χ4n) is 1.38. The van der Waals surface area contributed by atoms with E-state index < -0.39 is 11.9 Å². The van der Waals surface area contributed by atoms with E-state index >= 15 is 0 Å². The Morgan fingerprint density at radius 3 is 2.62 bits per heavy atom. The van der Waals surface area contributed by atoms with Crippen molar-refractivity contribution in [3.8, 4) is 0 Å². The van der Waals surface area contributed by atoms with E-state index in [1.807, 2.05) is 13.8 Å². The van der Waals surface area contributed by atoms with E-state index in [2.05, 4.69) is 10.3 Å². The quantitative estimate of drug-likeness (QED) is 0.700. The van der Waals surface area contributed by atoms with E-state index in [0.717, 1.165) is 0 Å². The van der Waals surface area contributed by atoms with Gasteiger partial charge in [0.25, 0.3) is 5.91 Å². The number of rotatable bonds is 5. The molecule has 0 aliphatic rings. The van der Waals surface area contributed by atoms with Crippen molar-refractivity contribution < 1.29 is 14.7 Å². The molecule has 0 aliphatic carbocycles. The summed E-state index contributed by atoms with van der Waals surface area (Å²) in [5.41, 5.74) is 0.438. The molecule has 88 valence electrons. The number of hydrogen-bond acceptors (Lipinski definition) is 2. The highest BCUT2D eigenvalue weighted by molar-refractivity contribution is 5.92. The lowest BCUT2D eigenvalue weighted by atomic mass is 9.96. The van der Waals surface area contributed by atoms with E-state index in [1.54, 1.807) is 18.3 Å². The first-order valence-electron chi connectivity index (χ1n) is 5.16. The van der Waals surface area contributed by atoms with Crippen molar-refractivity contribution in [1.82, 2.24) is 10.3 Å². The van der Waals surface area contributed by atoms with Crippen molar-refractivity contribution in [3.05, 3.63) is 24.0 Å². The maximum absolute atomic E-state index is 11.5. The lowest BCUT2D eigenvalue weighted by Gasteiger charge is -2.16. The summed E-state index contributed by atoms with van der Waals surface area (Å²) in [5, 5.41) is 11.5. The molecule has 1 aromatic rings. The standard InChI is InChI=1S/C11H16N2O3/c1-7(2)8(11(15)16)6-13-10(14)9-4-3-5-12-9/h3-5,7-8,12H,6H2,1-2H3,(H,13,14)(H,15,16). The van der Waals surface area contributed by atoms with Crippen molar-refractivity contribution in [3.63, 3.8) is 0 Å². The average Bonchev–Trinajstić information content (AvgIpc) is 2.69. The van der Waals surface area contributed by atoms with Crippen molar-refractivity contribution in [2.45, 2.75) is 13.8 Å². The summed E-state index contributed by atoms with van der Waals surface area (Å²) in [5.74, 6) is -1.74. The van der Waals surface area contributed by atoms with Crippen LogP contribution in [0.3, 0.4) is 0 Å². The number of aliphatic carboxylic acids is 1. The second-order valence-electron chi connectivity index (χ2n) is 3.98. The number of H-pyrrole nitrogens is 1. The van der Waals surface area contributed by atoms with Crippen LogP contribution in [0.2, 0.25) is 0 Å². The van der Waals surface area contributed by atoms with Crippen LogP contribution in [-0.2, 0) is 4.79 Å². The van der Waals surface area contributed by atoms with Crippen LogP contribution in [0.5, 0.6) is 0 Å². The molecule has 0 aliphatic heterocycles. The number of amides is 1. The zero-order chi connectivity index (χ0) is 12.1. The molecule has 5 heteroatoms. The smallest absolute Gasteiger partial charge is 0.308 e. The fraction of sp³-hybridized carbons (Fsp3) is 0.455. The molecule has 0 saturated heterocycles. The minimum Gasteiger partial charge on any atom is -0.481 e.